The third kappa shape index (κ3) is 4.72. The molecule has 0 aromatic heterocycles. The number of carbonyl (C=O) groups excluding carboxylic acids is 1. The lowest BCUT2D eigenvalue weighted by Gasteiger charge is -2.44. The smallest absolute Gasteiger partial charge is 0.410 e. The van der Waals surface area contributed by atoms with E-state index >= 15 is 0 Å². The van der Waals surface area contributed by atoms with Crippen LogP contribution in [0.4, 0.5) is 4.79 Å². The van der Waals surface area contributed by atoms with Gasteiger partial charge in [0.05, 0.1) is 0 Å². The van der Waals surface area contributed by atoms with Crippen molar-refractivity contribution in [1.29, 1.82) is 0 Å². The van der Waals surface area contributed by atoms with E-state index in [0.29, 0.717) is 31.8 Å². The highest BCUT2D eigenvalue weighted by atomic mass is 16.6. The molecule has 0 radical (unpaired) electrons. The van der Waals surface area contributed by atoms with Crippen LogP contribution in [0.15, 0.2) is 30.3 Å². The van der Waals surface area contributed by atoms with Gasteiger partial charge >= 0.3 is 12.1 Å². The van der Waals surface area contributed by atoms with E-state index in [2.05, 4.69) is 18.7 Å². The zero-order valence-electron chi connectivity index (χ0n) is 15.3. The summed E-state index contributed by atoms with van der Waals surface area (Å²) in [5, 5.41) is 9.79. The van der Waals surface area contributed by atoms with Crippen molar-refractivity contribution in [2.24, 2.45) is 5.92 Å². The molecule has 1 amide bonds. The van der Waals surface area contributed by atoms with Gasteiger partial charge in [-0.2, -0.15) is 0 Å². The number of likely N-dealkylation sites (tertiary alicyclic amines) is 1. The normalized spacial score (nSPS) is 17.3. The van der Waals surface area contributed by atoms with Gasteiger partial charge < -0.3 is 14.7 Å². The summed E-state index contributed by atoms with van der Waals surface area (Å²) in [5.74, 6) is -0.429. The van der Waals surface area contributed by atoms with Gasteiger partial charge in [-0.3, -0.25) is 4.90 Å². The summed E-state index contributed by atoms with van der Waals surface area (Å²) in [4.78, 5) is 27.9. The van der Waals surface area contributed by atoms with Gasteiger partial charge in [0.15, 0.2) is 0 Å². The van der Waals surface area contributed by atoms with Crippen LogP contribution >= 0.6 is 0 Å². The fourth-order valence-corrected chi connectivity index (χ4v) is 3.31. The Hall–Kier alpha value is -2.08. The summed E-state index contributed by atoms with van der Waals surface area (Å²) >= 11 is 0. The molecule has 0 atom stereocenters. The average molecular weight is 348 g/mol. The molecule has 1 saturated heterocycles. The van der Waals surface area contributed by atoms with Gasteiger partial charge in [-0.1, -0.05) is 44.2 Å². The largest absolute Gasteiger partial charge is 0.479 e. The first kappa shape index (κ1) is 19.2. The number of hydrogen-bond donors (Lipinski definition) is 1. The Balaban J connectivity index is 1.99. The third-order valence-electron chi connectivity index (χ3n) is 4.83. The maximum atomic E-state index is 12.4. The van der Waals surface area contributed by atoms with Gasteiger partial charge in [-0.05, 0) is 24.3 Å². The Morgan fingerprint density at radius 1 is 1.24 bits per heavy atom. The molecule has 1 aliphatic rings. The van der Waals surface area contributed by atoms with Crippen molar-refractivity contribution in [2.45, 2.75) is 38.8 Å². The fourth-order valence-electron chi connectivity index (χ4n) is 3.31. The number of aliphatic carboxylic acids is 1. The molecule has 0 aliphatic carbocycles. The van der Waals surface area contributed by atoms with Gasteiger partial charge in [0.1, 0.15) is 12.1 Å². The maximum Gasteiger partial charge on any atom is 0.410 e. The zero-order valence-corrected chi connectivity index (χ0v) is 15.3. The SMILES string of the molecule is CC(C)CN1CCC(C(=O)O)(N(C)C(=O)OCc2ccccc2)CC1. The number of benzene rings is 1. The molecule has 25 heavy (non-hydrogen) atoms. The molecule has 0 bridgehead atoms. The summed E-state index contributed by atoms with van der Waals surface area (Å²) in [6.07, 6.45) is 0.224. The number of carboxylic acids is 1. The Morgan fingerprint density at radius 2 is 1.84 bits per heavy atom. The van der Waals surface area contributed by atoms with Crippen molar-refractivity contribution in [3.63, 3.8) is 0 Å². The first-order chi connectivity index (χ1) is 11.8. The molecule has 6 nitrogen and oxygen atoms in total. The number of likely N-dealkylation sites (N-methyl/N-ethyl adjacent to an activating group) is 1. The molecule has 138 valence electrons. The van der Waals surface area contributed by atoms with E-state index in [-0.39, 0.29) is 6.61 Å². The number of carbonyl (C=O) groups is 2. The monoisotopic (exact) mass is 348 g/mol. The highest BCUT2D eigenvalue weighted by Gasteiger charge is 2.47. The predicted octanol–water partition coefficient (Wildman–Crippen LogP) is 2.83. The fraction of sp³-hybridized carbons (Fsp3) is 0.579. The minimum atomic E-state index is -1.19. The molecular formula is C19H28N2O4. The molecule has 1 fully saturated rings. The lowest BCUT2D eigenvalue weighted by Crippen LogP contribution is -2.60. The van der Waals surface area contributed by atoms with Crippen LogP contribution in [0.3, 0.4) is 0 Å². The molecule has 2 rings (SSSR count). The highest BCUT2D eigenvalue weighted by Crippen LogP contribution is 2.29. The number of nitrogens with zero attached hydrogens (tertiary/aromatic N) is 2. The van der Waals surface area contributed by atoms with Gasteiger partial charge in [-0.25, -0.2) is 9.59 Å². The highest BCUT2D eigenvalue weighted by molar-refractivity contribution is 5.84. The number of ether oxygens (including phenoxy) is 1. The minimum absolute atomic E-state index is 0.138. The van der Waals surface area contributed by atoms with Crippen molar-refractivity contribution in [3.8, 4) is 0 Å². The summed E-state index contributed by atoms with van der Waals surface area (Å²) in [7, 11) is 1.53. The second-order valence-electron chi connectivity index (χ2n) is 7.13. The van der Waals surface area contributed by atoms with Gasteiger partial charge in [0.2, 0.25) is 0 Å². The second-order valence-corrected chi connectivity index (χ2v) is 7.13. The Labute approximate surface area is 149 Å². The number of carboxylic acid groups (broad SMARTS) is 1. The van der Waals surface area contributed by atoms with E-state index in [4.69, 9.17) is 4.74 Å². The molecule has 1 aromatic carbocycles. The van der Waals surface area contributed by atoms with Crippen LogP contribution < -0.4 is 0 Å². The lowest BCUT2D eigenvalue weighted by atomic mass is 9.86. The second kappa shape index (κ2) is 8.34. The number of rotatable bonds is 6. The molecule has 1 aliphatic heterocycles. The van der Waals surface area contributed by atoms with E-state index in [9.17, 15) is 14.7 Å². The topological polar surface area (TPSA) is 70.1 Å². The minimum Gasteiger partial charge on any atom is -0.479 e. The molecule has 6 heteroatoms. The molecule has 1 N–H and O–H groups in total. The zero-order chi connectivity index (χ0) is 18.4. The maximum absolute atomic E-state index is 12.4. The van der Waals surface area contributed by atoms with Crippen molar-refractivity contribution in [2.75, 3.05) is 26.7 Å². The van der Waals surface area contributed by atoms with Gasteiger partial charge in [-0.15, -0.1) is 0 Å². The summed E-state index contributed by atoms with van der Waals surface area (Å²) < 4.78 is 5.32. The van der Waals surface area contributed by atoms with Gasteiger partial charge in [0.25, 0.3) is 0 Å². The Morgan fingerprint density at radius 3 is 2.36 bits per heavy atom. The summed E-state index contributed by atoms with van der Waals surface area (Å²) in [6.45, 7) is 6.71. The van der Waals surface area contributed by atoms with Crippen LogP contribution in [0.5, 0.6) is 0 Å². The predicted molar refractivity (Wildman–Crippen MR) is 95.3 cm³/mol. The first-order valence-corrected chi connectivity index (χ1v) is 8.75. The van der Waals surface area contributed by atoms with E-state index in [1.807, 2.05) is 30.3 Å². The van der Waals surface area contributed by atoms with Crippen LogP contribution in [0.25, 0.3) is 0 Å². The van der Waals surface area contributed by atoms with Crippen LogP contribution in [-0.4, -0.2) is 59.2 Å². The molecule has 0 unspecified atom stereocenters. The Bertz CT molecular complexity index is 580. The van der Waals surface area contributed by atoms with Gasteiger partial charge in [0, 0.05) is 26.7 Å². The summed E-state index contributed by atoms with van der Waals surface area (Å²) in [6, 6.07) is 9.36. The number of hydrogen-bond acceptors (Lipinski definition) is 4. The van der Waals surface area contributed by atoms with Crippen LogP contribution in [0.1, 0.15) is 32.3 Å². The van der Waals surface area contributed by atoms with E-state index in [0.717, 1.165) is 12.1 Å². The van der Waals surface area contributed by atoms with E-state index in [1.165, 1.54) is 11.9 Å². The van der Waals surface area contributed by atoms with E-state index in [1.54, 1.807) is 0 Å². The summed E-state index contributed by atoms with van der Waals surface area (Å²) in [5.41, 5.74) is -0.318. The van der Waals surface area contributed by atoms with Crippen LogP contribution in [0, 0.1) is 5.92 Å². The van der Waals surface area contributed by atoms with E-state index < -0.39 is 17.6 Å². The Kier molecular flexibility index (Phi) is 6.42. The number of amides is 1. The molecular weight excluding hydrogens is 320 g/mol. The number of piperidine rings is 1. The lowest BCUT2D eigenvalue weighted by molar-refractivity contribution is -0.153. The molecule has 0 saturated carbocycles. The van der Waals surface area contributed by atoms with Crippen molar-refractivity contribution in [3.05, 3.63) is 35.9 Å². The average Bonchev–Trinajstić information content (AvgIpc) is 2.60. The van der Waals surface area contributed by atoms with Crippen molar-refractivity contribution in [1.82, 2.24) is 9.80 Å². The quantitative estimate of drug-likeness (QED) is 0.856. The van der Waals surface area contributed by atoms with Crippen molar-refractivity contribution < 1.29 is 19.4 Å². The van der Waals surface area contributed by atoms with Crippen LogP contribution in [0.2, 0.25) is 0 Å². The molecule has 1 heterocycles. The van der Waals surface area contributed by atoms with Crippen molar-refractivity contribution >= 4 is 12.1 Å². The first-order valence-electron chi connectivity index (χ1n) is 8.75. The molecule has 1 aromatic rings. The third-order valence-corrected chi connectivity index (χ3v) is 4.83. The standard InChI is InChI=1S/C19H28N2O4/c1-15(2)13-21-11-9-19(10-12-21,17(22)23)20(3)18(24)25-14-16-7-5-4-6-8-16/h4-8,15H,9-14H2,1-3H3,(H,22,23). The molecule has 0 spiro atoms. The van der Waals surface area contributed by atoms with Crippen LogP contribution in [-0.2, 0) is 16.1 Å².